The van der Waals surface area contributed by atoms with Gasteiger partial charge in [0.25, 0.3) is 10.0 Å². The van der Waals surface area contributed by atoms with Gasteiger partial charge in [0.15, 0.2) is 0 Å². The van der Waals surface area contributed by atoms with Gasteiger partial charge in [-0.2, -0.15) is 26.3 Å². The van der Waals surface area contributed by atoms with E-state index in [1.54, 1.807) is 0 Å². The average Bonchev–Trinajstić information content (AvgIpc) is 3.38. The monoisotopic (exact) mass is 630 g/mol. The van der Waals surface area contributed by atoms with Crippen LogP contribution in [0.5, 0.6) is 11.8 Å². The van der Waals surface area contributed by atoms with E-state index in [-0.39, 0.29) is 54.7 Å². The van der Waals surface area contributed by atoms with Gasteiger partial charge in [0.05, 0.1) is 35.0 Å². The fourth-order valence-electron chi connectivity index (χ4n) is 4.32. The van der Waals surface area contributed by atoms with Crippen molar-refractivity contribution in [2.24, 2.45) is 0 Å². The summed E-state index contributed by atoms with van der Waals surface area (Å²) in [5.74, 6) is -0.790. The Morgan fingerprint density at radius 1 is 1.00 bits per heavy atom. The van der Waals surface area contributed by atoms with E-state index in [1.807, 2.05) is 0 Å². The number of pyridine rings is 1. The minimum Gasteiger partial charge on any atom is -0.486 e. The number of nitrogens with one attached hydrogen (secondary N) is 1. The van der Waals surface area contributed by atoms with Gasteiger partial charge >= 0.3 is 24.1 Å². The first-order valence-electron chi connectivity index (χ1n) is 12.5. The third kappa shape index (κ3) is 6.60. The van der Waals surface area contributed by atoms with E-state index in [1.165, 1.54) is 24.3 Å². The van der Waals surface area contributed by atoms with Crippen LogP contribution in [0, 0.1) is 0 Å². The molecule has 1 atom stereocenters. The molecule has 4 aromatic rings. The lowest BCUT2D eigenvalue weighted by atomic mass is 10.1. The highest BCUT2D eigenvalue weighted by molar-refractivity contribution is 7.92. The minimum atomic E-state index is -4.81. The van der Waals surface area contributed by atoms with Crippen LogP contribution in [-0.2, 0) is 22.4 Å². The van der Waals surface area contributed by atoms with Crippen molar-refractivity contribution >= 4 is 15.7 Å². The second kappa shape index (κ2) is 11.3. The molecule has 0 saturated carbocycles. The number of rotatable bonds is 8. The van der Waals surface area contributed by atoms with Crippen molar-refractivity contribution in [1.82, 2.24) is 15.1 Å². The molecule has 0 radical (unpaired) electrons. The van der Waals surface area contributed by atoms with Gasteiger partial charge in [-0.25, -0.2) is 23.2 Å². The Hall–Kier alpha value is -4.54. The van der Waals surface area contributed by atoms with Crippen molar-refractivity contribution in [2.45, 2.75) is 36.2 Å². The molecule has 2 aromatic carbocycles. The third-order valence-electron chi connectivity index (χ3n) is 6.31. The fraction of sp³-hybridized carbons (Fsp3) is 0.269. The number of aromatic nitrogens is 3. The second-order valence-corrected chi connectivity index (χ2v) is 11.1. The predicted molar refractivity (Wildman–Crippen MR) is 137 cm³/mol. The van der Waals surface area contributed by atoms with E-state index in [9.17, 15) is 39.6 Å². The zero-order chi connectivity index (χ0) is 31.0. The van der Waals surface area contributed by atoms with Crippen molar-refractivity contribution in [1.29, 1.82) is 0 Å². The molecule has 0 fully saturated rings. The molecule has 17 heteroatoms. The lowest BCUT2D eigenvalue weighted by Crippen LogP contribution is -2.43. The quantitative estimate of drug-likeness (QED) is 0.206. The normalized spacial score (nSPS) is 15.6. The largest absolute Gasteiger partial charge is 0.486 e. The number of alkyl halides is 6. The second-order valence-electron chi connectivity index (χ2n) is 9.28. The number of fused-ring (bicyclic) bond motifs is 1. The maximum Gasteiger partial charge on any atom is 0.441 e. The summed E-state index contributed by atoms with van der Waals surface area (Å²) in [6.07, 6.45) is -9.86. The molecular formula is C26H20F6N4O6S. The van der Waals surface area contributed by atoms with Gasteiger partial charge in [-0.05, 0) is 66.5 Å². The van der Waals surface area contributed by atoms with Crippen LogP contribution in [0.1, 0.15) is 24.1 Å². The number of hydrogen-bond donors (Lipinski definition) is 1. The summed E-state index contributed by atoms with van der Waals surface area (Å²) in [6, 6.07) is 10.3. The van der Waals surface area contributed by atoms with Gasteiger partial charge in [-0.3, -0.25) is 8.83 Å². The van der Waals surface area contributed by atoms with Gasteiger partial charge < -0.3 is 9.47 Å². The molecule has 0 aliphatic carbocycles. The number of H-pyrrole nitrogens is 1. The average molecular weight is 631 g/mol. The Morgan fingerprint density at radius 3 is 2.47 bits per heavy atom. The van der Waals surface area contributed by atoms with Crippen LogP contribution in [-0.4, -0.2) is 42.8 Å². The number of nitrogens with zero attached hydrogens (tertiary/aromatic N) is 3. The van der Waals surface area contributed by atoms with Crippen LogP contribution in [0.2, 0.25) is 0 Å². The first-order valence-corrected chi connectivity index (χ1v) is 13.9. The summed E-state index contributed by atoms with van der Waals surface area (Å²) in [7, 11) is -4.63. The number of benzene rings is 2. The lowest BCUT2D eigenvalue weighted by Gasteiger charge is -2.36. The molecule has 228 valence electrons. The maximum atomic E-state index is 13.8. The van der Waals surface area contributed by atoms with Crippen LogP contribution < -0.4 is 19.5 Å². The van der Waals surface area contributed by atoms with Crippen molar-refractivity contribution in [3.63, 3.8) is 0 Å². The Bertz CT molecular complexity index is 1790. The van der Waals surface area contributed by atoms with E-state index < -0.39 is 50.4 Å². The summed E-state index contributed by atoms with van der Waals surface area (Å²) < 4.78 is 124. The van der Waals surface area contributed by atoms with Gasteiger partial charge in [0.2, 0.25) is 0 Å². The molecule has 0 bridgehead atoms. The van der Waals surface area contributed by atoms with E-state index in [0.29, 0.717) is 6.07 Å². The minimum absolute atomic E-state index is 0.0235. The van der Waals surface area contributed by atoms with Crippen LogP contribution in [0.15, 0.2) is 74.9 Å². The Balaban J connectivity index is 1.48. The zero-order valence-electron chi connectivity index (χ0n) is 21.6. The molecular weight excluding hydrogens is 610 g/mol. The molecule has 3 heterocycles. The number of anilines is 1. The standard InChI is InChI=1S/C26H20F6N4O6S/c27-25(28,29)16-4-1-6-18(13-16)43(38,39)36-14-17(5-3-11-40-23-34-24(37)42-35-23)41-21-10-9-15(12-20(21)36)19-7-2-8-22(33-19)26(30,31)32/h1-2,4,6-10,12-13,17H,3,5,11,14H2,(H,34,35,37)/t17-/m0/s1. The molecule has 43 heavy (non-hydrogen) atoms. The summed E-state index contributed by atoms with van der Waals surface area (Å²) in [4.78, 5) is 16.2. The predicted octanol–water partition coefficient (Wildman–Crippen LogP) is 5.28. The van der Waals surface area contributed by atoms with Crippen LogP contribution >= 0.6 is 0 Å². The molecule has 1 aliphatic rings. The van der Waals surface area contributed by atoms with Crippen LogP contribution in [0.4, 0.5) is 32.0 Å². The highest BCUT2D eigenvalue weighted by Gasteiger charge is 2.37. The smallest absolute Gasteiger partial charge is 0.441 e. The fourth-order valence-corrected chi connectivity index (χ4v) is 5.87. The molecule has 1 N–H and O–H groups in total. The van der Waals surface area contributed by atoms with Crippen molar-refractivity contribution < 1.29 is 48.8 Å². The molecule has 1 aliphatic heterocycles. The molecule has 10 nitrogen and oxygen atoms in total. The molecule has 0 saturated heterocycles. The van der Waals surface area contributed by atoms with E-state index >= 15 is 0 Å². The molecule has 5 rings (SSSR count). The van der Waals surface area contributed by atoms with Gasteiger partial charge in [-0.15, -0.1) is 0 Å². The van der Waals surface area contributed by atoms with Crippen molar-refractivity contribution in [3.05, 3.63) is 82.5 Å². The Kier molecular flexibility index (Phi) is 7.85. The highest BCUT2D eigenvalue weighted by atomic mass is 32.2. The van der Waals surface area contributed by atoms with Crippen LogP contribution in [0.25, 0.3) is 11.3 Å². The lowest BCUT2D eigenvalue weighted by molar-refractivity contribution is -0.141. The van der Waals surface area contributed by atoms with Gasteiger partial charge in [-0.1, -0.05) is 12.1 Å². The number of sulfonamides is 1. The molecule has 0 unspecified atom stereocenters. The molecule has 0 amide bonds. The number of halogens is 6. The van der Waals surface area contributed by atoms with E-state index in [2.05, 4.69) is 19.6 Å². The highest BCUT2D eigenvalue weighted by Crippen LogP contribution is 2.41. The molecule has 0 spiro atoms. The number of hydrogen-bond acceptors (Lipinski definition) is 8. The van der Waals surface area contributed by atoms with Gasteiger partial charge in [0, 0.05) is 5.56 Å². The maximum absolute atomic E-state index is 13.8. The molecule has 2 aromatic heterocycles. The summed E-state index contributed by atoms with van der Waals surface area (Å²) in [5, 5.41) is 3.35. The van der Waals surface area contributed by atoms with Crippen LogP contribution in [0.3, 0.4) is 0 Å². The number of ether oxygens (including phenoxy) is 2. The summed E-state index contributed by atoms with van der Waals surface area (Å²) >= 11 is 0. The van der Waals surface area contributed by atoms with Gasteiger partial charge in [0.1, 0.15) is 17.5 Å². The Morgan fingerprint density at radius 2 is 1.77 bits per heavy atom. The SMILES string of the molecule is O=c1[nH]c(OCCC[C@H]2CN(S(=O)(=O)c3cccc(C(F)(F)F)c3)c3cc(-c4cccc(C(F)(F)F)n4)ccc3O2)no1. The zero-order valence-corrected chi connectivity index (χ0v) is 22.5. The van der Waals surface area contributed by atoms with Crippen molar-refractivity contribution in [2.75, 3.05) is 17.5 Å². The summed E-state index contributed by atoms with van der Waals surface area (Å²) in [6.45, 7) is -0.318. The van der Waals surface area contributed by atoms with E-state index in [0.717, 1.165) is 34.6 Å². The van der Waals surface area contributed by atoms with Crippen molar-refractivity contribution in [3.8, 4) is 23.0 Å². The summed E-state index contributed by atoms with van der Waals surface area (Å²) in [5.41, 5.74) is -2.43. The third-order valence-corrected chi connectivity index (χ3v) is 8.08. The first kappa shape index (κ1) is 29.9. The number of aromatic amines is 1. The van der Waals surface area contributed by atoms with E-state index in [4.69, 9.17) is 9.47 Å². The topological polar surface area (TPSA) is 128 Å². The Labute approximate surface area is 238 Å². The first-order chi connectivity index (χ1) is 20.2.